The smallest absolute Gasteiger partial charge is 0.164 e. The molecule has 0 saturated carbocycles. The zero-order valence-electron chi connectivity index (χ0n) is 12.6. The van der Waals surface area contributed by atoms with Crippen LogP contribution in [0, 0.1) is 11.8 Å². The first kappa shape index (κ1) is 13.5. The monoisotopic (exact) mass is 272 g/mol. The van der Waals surface area contributed by atoms with Gasteiger partial charge < -0.3 is 9.84 Å². The fraction of sp³-hybridized carbons (Fsp3) is 0.556. The fourth-order valence-corrected chi connectivity index (χ4v) is 4.56. The zero-order valence-corrected chi connectivity index (χ0v) is 12.6. The summed E-state index contributed by atoms with van der Waals surface area (Å²) in [7, 11) is 1.67. The van der Waals surface area contributed by atoms with E-state index in [4.69, 9.17) is 4.74 Å². The van der Waals surface area contributed by atoms with Gasteiger partial charge in [-0.2, -0.15) is 0 Å². The Labute approximate surface area is 121 Å². The Hall–Kier alpha value is -1.44. The third-order valence-electron chi connectivity index (χ3n) is 5.45. The lowest BCUT2D eigenvalue weighted by molar-refractivity contribution is 0.180. The van der Waals surface area contributed by atoms with Crippen LogP contribution in [0.25, 0.3) is 0 Å². The van der Waals surface area contributed by atoms with Crippen LogP contribution in [0.2, 0.25) is 0 Å². The molecule has 3 atom stereocenters. The van der Waals surface area contributed by atoms with Crippen molar-refractivity contribution in [1.82, 2.24) is 0 Å². The van der Waals surface area contributed by atoms with E-state index in [9.17, 15) is 5.11 Å². The van der Waals surface area contributed by atoms with Crippen molar-refractivity contribution in [2.75, 3.05) is 7.11 Å². The predicted molar refractivity (Wildman–Crippen MR) is 81.4 cm³/mol. The second-order valence-electron chi connectivity index (χ2n) is 6.34. The lowest BCUT2D eigenvalue weighted by atomic mass is 9.55. The Morgan fingerprint density at radius 3 is 2.90 bits per heavy atom. The summed E-state index contributed by atoms with van der Waals surface area (Å²) >= 11 is 0. The molecular weight excluding hydrogens is 248 g/mol. The number of fused-ring (bicyclic) bond motifs is 3. The van der Waals surface area contributed by atoms with Crippen LogP contribution in [0.5, 0.6) is 11.5 Å². The van der Waals surface area contributed by atoms with Crippen LogP contribution in [0.3, 0.4) is 0 Å². The molecule has 1 aromatic rings. The topological polar surface area (TPSA) is 29.5 Å². The van der Waals surface area contributed by atoms with Crippen molar-refractivity contribution in [3.8, 4) is 11.5 Å². The molecule has 0 amide bonds. The van der Waals surface area contributed by atoms with E-state index in [1.165, 1.54) is 11.1 Å². The van der Waals surface area contributed by atoms with E-state index in [1.54, 1.807) is 13.2 Å². The first-order chi connectivity index (χ1) is 9.64. The van der Waals surface area contributed by atoms with Crippen molar-refractivity contribution in [1.29, 1.82) is 0 Å². The Morgan fingerprint density at radius 2 is 2.20 bits per heavy atom. The molecule has 0 saturated heterocycles. The minimum Gasteiger partial charge on any atom is -0.504 e. The van der Waals surface area contributed by atoms with Gasteiger partial charge in [-0.25, -0.2) is 0 Å². The molecule has 2 nitrogen and oxygen atoms in total. The van der Waals surface area contributed by atoms with Crippen LogP contribution in [-0.4, -0.2) is 12.2 Å². The molecule has 2 aliphatic rings. The highest BCUT2D eigenvalue weighted by molar-refractivity contribution is 5.56. The summed E-state index contributed by atoms with van der Waals surface area (Å²) < 4.78 is 5.58. The van der Waals surface area contributed by atoms with Crippen molar-refractivity contribution in [3.05, 3.63) is 35.4 Å². The first-order valence-corrected chi connectivity index (χ1v) is 7.70. The number of methoxy groups -OCH3 is 1. The summed E-state index contributed by atoms with van der Waals surface area (Å²) in [5.74, 6) is 2.19. The van der Waals surface area contributed by atoms with Gasteiger partial charge in [-0.3, -0.25) is 0 Å². The van der Waals surface area contributed by atoms with Crippen LogP contribution >= 0.6 is 0 Å². The minimum atomic E-state index is 0.131. The van der Waals surface area contributed by atoms with E-state index in [2.05, 4.69) is 32.1 Å². The molecule has 1 aromatic carbocycles. The molecule has 0 fully saturated rings. The van der Waals surface area contributed by atoms with Gasteiger partial charge >= 0.3 is 0 Å². The minimum absolute atomic E-state index is 0.131. The van der Waals surface area contributed by atoms with E-state index in [-0.39, 0.29) is 11.2 Å². The molecule has 3 rings (SSSR count). The fourth-order valence-electron chi connectivity index (χ4n) is 4.56. The molecule has 1 N–H and O–H groups in total. The zero-order chi connectivity index (χ0) is 14.3. The van der Waals surface area contributed by atoms with E-state index in [1.807, 2.05) is 0 Å². The number of hydrogen-bond donors (Lipinski definition) is 1. The molecule has 20 heavy (non-hydrogen) atoms. The van der Waals surface area contributed by atoms with Crippen LogP contribution in [-0.2, 0) is 11.8 Å². The van der Waals surface area contributed by atoms with E-state index >= 15 is 0 Å². The first-order valence-electron chi connectivity index (χ1n) is 7.70. The van der Waals surface area contributed by atoms with Gasteiger partial charge in [-0.05, 0) is 49.1 Å². The molecule has 2 heteroatoms. The Morgan fingerprint density at radius 1 is 1.40 bits per heavy atom. The molecule has 3 unspecified atom stereocenters. The van der Waals surface area contributed by atoms with E-state index < -0.39 is 0 Å². The Kier molecular flexibility index (Phi) is 3.27. The van der Waals surface area contributed by atoms with E-state index in [0.717, 1.165) is 25.7 Å². The third-order valence-corrected chi connectivity index (χ3v) is 5.45. The highest BCUT2D eigenvalue weighted by Gasteiger charge is 2.47. The molecule has 0 aromatic heterocycles. The quantitative estimate of drug-likeness (QED) is 0.817. The predicted octanol–water partition coefficient (Wildman–Crippen LogP) is 4.21. The third kappa shape index (κ3) is 1.70. The number of phenols is 1. The normalized spacial score (nSPS) is 31.6. The van der Waals surface area contributed by atoms with E-state index in [0.29, 0.717) is 17.6 Å². The van der Waals surface area contributed by atoms with Crippen LogP contribution in [0.1, 0.15) is 44.2 Å². The van der Waals surface area contributed by atoms with Gasteiger partial charge in [0, 0.05) is 11.0 Å². The highest BCUT2D eigenvalue weighted by atomic mass is 16.5. The molecular formula is C18H24O2. The highest BCUT2D eigenvalue weighted by Crippen LogP contribution is 2.56. The van der Waals surface area contributed by atoms with Gasteiger partial charge in [0.25, 0.3) is 0 Å². The van der Waals surface area contributed by atoms with Crippen molar-refractivity contribution < 1.29 is 9.84 Å². The molecule has 2 aliphatic carbocycles. The van der Waals surface area contributed by atoms with Gasteiger partial charge in [0.05, 0.1) is 7.11 Å². The maximum absolute atomic E-state index is 10.2. The summed E-state index contributed by atoms with van der Waals surface area (Å²) in [6.45, 7) is 4.63. The standard InChI is InChI=1S/C18H24O2/c1-4-18-10-6-5-7-14(18)12(2)11-13-8-9-15(19)17(20-3)16(13)18/h5,7-9,12,14,19H,4,6,10-11H2,1-3H3. The van der Waals surface area contributed by atoms with Gasteiger partial charge in [0.1, 0.15) is 0 Å². The number of aromatic hydroxyl groups is 1. The summed E-state index contributed by atoms with van der Waals surface area (Å²) in [5, 5.41) is 10.2. The summed E-state index contributed by atoms with van der Waals surface area (Å²) in [5.41, 5.74) is 2.77. The molecule has 108 valence electrons. The number of phenolic OH excluding ortho intramolecular Hbond substituents is 1. The number of hydrogen-bond acceptors (Lipinski definition) is 2. The molecule has 0 radical (unpaired) electrons. The average Bonchev–Trinajstić information content (AvgIpc) is 2.48. The Balaban J connectivity index is 2.28. The number of allylic oxidation sites excluding steroid dienone is 2. The van der Waals surface area contributed by atoms with Gasteiger partial charge in [-0.1, -0.05) is 32.1 Å². The maximum atomic E-state index is 10.2. The molecule has 0 spiro atoms. The molecule has 0 heterocycles. The Bertz CT molecular complexity index is 547. The molecule has 0 bridgehead atoms. The molecule has 0 aliphatic heterocycles. The van der Waals surface area contributed by atoms with Crippen LogP contribution in [0.15, 0.2) is 24.3 Å². The summed E-state index contributed by atoms with van der Waals surface area (Å²) in [6, 6.07) is 3.88. The van der Waals surface area contributed by atoms with Crippen molar-refractivity contribution in [2.24, 2.45) is 11.8 Å². The SMILES string of the molecule is CCC12CCC=CC1C(C)Cc1ccc(O)c(OC)c12. The number of benzene rings is 1. The van der Waals surface area contributed by atoms with Crippen molar-refractivity contribution in [3.63, 3.8) is 0 Å². The van der Waals surface area contributed by atoms with Crippen molar-refractivity contribution in [2.45, 2.75) is 44.9 Å². The largest absolute Gasteiger partial charge is 0.504 e. The van der Waals surface area contributed by atoms with Gasteiger partial charge in [0.2, 0.25) is 0 Å². The lowest BCUT2D eigenvalue weighted by Gasteiger charge is -2.49. The number of rotatable bonds is 2. The maximum Gasteiger partial charge on any atom is 0.164 e. The van der Waals surface area contributed by atoms with Crippen molar-refractivity contribution >= 4 is 0 Å². The second-order valence-corrected chi connectivity index (χ2v) is 6.34. The number of ether oxygens (including phenoxy) is 1. The summed E-state index contributed by atoms with van der Waals surface area (Å²) in [4.78, 5) is 0. The van der Waals surface area contributed by atoms with Crippen LogP contribution in [0.4, 0.5) is 0 Å². The van der Waals surface area contributed by atoms with Gasteiger partial charge in [0.15, 0.2) is 11.5 Å². The lowest BCUT2D eigenvalue weighted by Crippen LogP contribution is -2.44. The summed E-state index contributed by atoms with van der Waals surface area (Å²) in [6.07, 6.45) is 9.18. The second kappa shape index (κ2) is 4.83. The average molecular weight is 272 g/mol. The van der Waals surface area contributed by atoms with Crippen LogP contribution < -0.4 is 4.74 Å². The van der Waals surface area contributed by atoms with Gasteiger partial charge in [-0.15, -0.1) is 0 Å².